The minimum Gasteiger partial charge on any atom is -0.493 e. The number of aromatic nitrogens is 2. The zero-order chi connectivity index (χ0) is 22.4. The number of rotatable bonds is 7. The molecule has 3 aromatic rings. The molecule has 0 aliphatic heterocycles. The highest BCUT2D eigenvalue weighted by Gasteiger charge is 2.34. The van der Waals surface area contributed by atoms with Crippen LogP contribution in [0, 0.1) is 0 Å². The molecule has 0 radical (unpaired) electrons. The second kappa shape index (κ2) is 9.38. The Balaban J connectivity index is 1.74. The molecule has 0 atom stereocenters. The predicted octanol–water partition coefficient (Wildman–Crippen LogP) is 4.95. The summed E-state index contributed by atoms with van der Waals surface area (Å²) in [6.07, 6.45) is 2.04. The van der Waals surface area contributed by atoms with Crippen LogP contribution < -0.4 is 14.8 Å². The van der Waals surface area contributed by atoms with Gasteiger partial charge < -0.3 is 14.8 Å². The summed E-state index contributed by atoms with van der Waals surface area (Å²) < 4.78 is 52.6. The molecule has 0 saturated heterocycles. The number of carbonyl (C=O) groups excluding carboxylic acids is 1. The fourth-order valence-corrected chi connectivity index (χ4v) is 2.87. The van der Waals surface area contributed by atoms with Crippen LogP contribution in [0.1, 0.15) is 18.1 Å². The quantitative estimate of drug-likeness (QED) is 0.575. The Bertz CT molecular complexity index is 1080. The first-order valence-corrected chi connectivity index (χ1v) is 9.26. The summed E-state index contributed by atoms with van der Waals surface area (Å²) in [5.74, 6) is -0.0316. The normalized spacial score (nSPS) is 11.5. The Morgan fingerprint density at radius 3 is 2.65 bits per heavy atom. The van der Waals surface area contributed by atoms with Crippen LogP contribution in [0.5, 0.6) is 11.5 Å². The van der Waals surface area contributed by atoms with E-state index in [4.69, 9.17) is 9.47 Å². The maximum Gasteiger partial charge on any atom is 0.418 e. The molecular formula is C22H20F3N3O3. The molecule has 0 bridgehead atoms. The first-order chi connectivity index (χ1) is 14.8. The van der Waals surface area contributed by atoms with Gasteiger partial charge in [0.1, 0.15) is 0 Å². The topological polar surface area (TPSA) is 65.4 Å². The van der Waals surface area contributed by atoms with Gasteiger partial charge in [0.25, 0.3) is 5.91 Å². The molecule has 162 valence electrons. The van der Waals surface area contributed by atoms with E-state index in [0.29, 0.717) is 11.5 Å². The Kier molecular flexibility index (Phi) is 6.64. The number of hydrogen-bond donors (Lipinski definition) is 1. The van der Waals surface area contributed by atoms with Crippen molar-refractivity contribution in [3.63, 3.8) is 0 Å². The fourth-order valence-electron chi connectivity index (χ4n) is 2.87. The standard InChI is InChI=1S/C22H20F3N3O3/c1-3-5-15-6-9-19(20(12-15)30-2)31-14-21(29)27-18-8-7-16(28-11-4-10-26-28)13-17(18)22(23,24)25/h3-13H,14H2,1-2H3,(H,27,29)/b5-3+. The number of allylic oxidation sites excluding steroid dienone is 1. The Morgan fingerprint density at radius 1 is 1.19 bits per heavy atom. The average Bonchev–Trinajstić information content (AvgIpc) is 3.27. The number of methoxy groups -OCH3 is 1. The highest BCUT2D eigenvalue weighted by molar-refractivity contribution is 5.93. The van der Waals surface area contributed by atoms with Crippen molar-refractivity contribution in [2.45, 2.75) is 13.1 Å². The summed E-state index contributed by atoms with van der Waals surface area (Å²) in [6.45, 7) is 1.38. The van der Waals surface area contributed by atoms with E-state index in [1.165, 1.54) is 36.3 Å². The number of carbonyl (C=O) groups is 1. The highest BCUT2D eigenvalue weighted by Crippen LogP contribution is 2.36. The van der Waals surface area contributed by atoms with E-state index >= 15 is 0 Å². The van der Waals surface area contributed by atoms with Crippen molar-refractivity contribution in [1.82, 2.24) is 9.78 Å². The first-order valence-electron chi connectivity index (χ1n) is 9.26. The Labute approximate surface area is 176 Å². The van der Waals surface area contributed by atoms with E-state index in [1.807, 2.05) is 19.1 Å². The van der Waals surface area contributed by atoms with Crippen LogP contribution in [0.4, 0.5) is 18.9 Å². The molecule has 0 spiro atoms. The number of anilines is 1. The molecular weight excluding hydrogens is 411 g/mol. The molecule has 9 heteroatoms. The van der Waals surface area contributed by atoms with Crippen LogP contribution in [0.15, 0.2) is 60.9 Å². The van der Waals surface area contributed by atoms with Crippen LogP contribution >= 0.6 is 0 Å². The lowest BCUT2D eigenvalue weighted by Crippen LogP contribution is -2.22. The van der Waals surface area contributed by atoms with E-state index in [9.17, 15) is 18.0 Å². The largest absolute Gasteiger partial charge is 0.493 e. The van der Waals surface area contributed by atoms with Gasteiger partial charge in [-0.05, 0) is 48.9 Å². The number of alkyl halides is 3. The summed E-state index contributed by atoms with van der Waals surface area (Å²) in [5.41, 5.74) is -0.254. The van der Waals surface area contributed by atoms with Gasteiger partial charge >= 0.3 is 6.18 Å². The lowest BCUT2D eigenvalue weighted by molar-refractivity contribution is -0.137. The monoisotopic (exact) mass is 431 g/mol. The third kappa shape index (κ3) is 5.44. The lowest BCUT2D eigenvalue weighted by Gasteiger charge is -2.16. The van der Waals surface area contributed by atoms with Gasteiger partial charge in [0.05, 0.1) is 24.0 Å². The number of nitrogens with zero attached hydrogens (tertiary/aromatic N) is 2. The van der Waals surface area contributed by atoms with Crippen molar-refractivity contribution in [3.05, 3.63) is 72.1 Å². The van der Waals surface area contributed by atoms with E-state index < -0.39 is 24.3 Å². The van der Waals surface area contributed by atoms with Gasteiger partial charge in [-0.15, -0.1) is 0 Å². The molecule has 3 rings (SSSR count). The molecule has 0 saturated carbocycles. The molecule has 1 heterocycles. The van der Waals surface area contributed by atoms with Gasteiger partial charge in [0, 0.05) is 12.4 Å². The summed E-state index contributed by atoms with van der Waals surface area (Å²) >= 11 is 0. The maximum atomic E-state index is 13.5. The van der Waals surface area contributed by atoms with Gasteiger partial charge in [-0.2, -0.15) is 18.3 Å². The van der Waals surface area contributed by atoms with E-state index in [-0.39, 0.29) is 11.4 Å². The van der Waals surface area contributed by atoms with Crippen molar-refractivity contribution < 1.29 is 27.4 Å². The number of hydrogen-bond acceptors (Lipinski definition) is 4. The van der Waals surface area contributed by atoms with Crippen LogP contribution in [0.3, 0.4) is 0 Å². The van der Waals surface area contributed by atoms with Crippen molar-refractivity contribution in [2.24, 2.45) is 0 Å². The second-order valence-corrected chi connectivity index (χ2v) is 6.43. The van der Waals surface area contributed by atoms with E-state index in [0.717, 1.165) is 11.6 Å². The maximum absolute atomic E-state index is 13.5. The number of nitrogens with one attached hydrogen (secondary N) is 1. The van der Waals surface area contributed by atoms with Crippen LogP contribution in [0.25, 0.3) is 11.8 Å². The van der Waals surface area contributed by atoms with E-state index in [2.05, 4.69) is 10.4 Å². The molecule has 1 aromatic heterocycles. The third-order valence-electron chi connectivity index (χ3n) is 4.26. The molecule has 31 heavy (non-hydrogen) atoms. The van der Waals surface area contributed by atoms with Gasteiger partial charge in [-0.3, -0.25) is 4.79 Å². The Hall–Kier alpha value is -3.75. The van der Waals surface area contributed by atoms with E-state index in [1.54, 1.807) is 24.3 Å². The first kappa shape index (κ1) is 21.9. The molecule has 1 N–H and O–H groups in total. The number of ether oxygens (including phenoxy) is 2. The smallest absolute Gasteiger partial charge is 0.418 e. The van der Waals surface area contributed by atoms with Gasteiger partial charge in [0.15, 0.2) is 18.1 Å². The third-order valence-corrected chi connectivity index (χ3v) is 4.26. The molecule has 0 aliphatic carbocycles. The molecule has 0 fully saturated rings. The number of benzene rings is 2. The lowest BCUT2D eigenvalue weighted by atomic mass is 10.1. The number of amides is 1. The highest BCUT2D eigenvalue weighted by atomic mass is 19.4. The Morgan fingerprint density at radius 2 is 2.00 bits per heavy atom. The molecule has 1 amide bonds. The molecule has 2 aromatic carbocycles. The van der Waals surface area contributed by atoms with Crippen LogP contribution in [-0.2, 0) is 11.0 Å². The van der Waals surface area contributed by atoms with Crippen molar-refractivity contribution >= 4 is 17.7 Å². The molecule has 0 aliphatic rings. The second-order valence-electron chi connectivity index (χ2n) is 6.43. The summed E-state index contributed by atoms with van der Waals surface area (Å²) in [7, 11) is 1.46. The fraction of sp³-hybridized carbons (Fsp3) is 0.182. The van der Waals surface area contributed by atoms with Crippen LogP contribution in [-0.4, -0.2) is 29.4 Å². The summed E-state index contributed by atoms with van der Waals surface area (Å²) in [4.78, 5) is 12.3. The van der Waals surface area contributed by atoms with Crippen molar-refractivity contribution in [2.75, 3.05) is 19.0 Å². The summed E-state index contributed by atoms with van der Waals surface area (Å²) in [6, 6.07) is 10.3. The summed E-state index contributed by atoms with van der Waals surface area (Å²) in [5, 5.41) is 6.19. The zero-order valence-corrected chi connectivity index (χ0v) is 16.8. The average molecular weight is 431 g/mol. The van der Waals surface area contributed by atoms with Crippen molar-refractivity contribution in [1.29, 1.82) is 0 Å². The number of halogens is 3. The van der Waals surface area contributed by atoms with Crippen LogP contribution in [0.2, 0.25) is 0 Å². The SMILES string of the molecule is C/C=C/c1ccc(OCC(=O)Nc2ccc(-n3cccn3)cc2C(F)(F)F)c(OC)c1. The zero-order valence-electron chi connectivity index (χ0n) is 16.8. The predicted molar refractivity (Wildman–Crippen MR) is 110 cm³/mol. The van der Waals surface area contributed by atoms with Gasteiger partial charge in [-0.1, -0.05) is 18.2 Å². The van der Waals surface area contributed by atoms with Gasteiger partial charge in [-0.25, -0.2) is 4.68 Å². The molecule has 6 nitrogen and oxygen atoms in total. The minimum atomic E-state index is -4.67. The minimum absolute atomic E-state index is 0.220. The molecule has 0 unspecified atom stereocenters. The van der Waals surface area contributed by atoms with Gasteiger partial charge in [0.2, 0.25) is 0 Å². The van der Waals surface area contributed by atoms with Crippen molar-refractivity contribution in [3.8, 4) is 17.2 Å².